The van der Waals surface area contributed by atoms with Crippen molar-refractivity contribution in [3.05, 3.63) is 59.2 Å². The second-order valence-corrected chi connectivity index (χ2v) is 14.5. The molecule has 1 aromatic carbocycles. The Kier molecular flexibility index (Phi) is 9.54. The standard InChI is InChI=1S/C34H47F2N5O4/c1-22-15-39(26(16-38-18-27(36)29(19-38)44-7)17-40(22)32(43)45-33(2,3)4)20-30(42)41-21-34(5,6)31-28(41)13-24(14-37-31)12-23-8-10-25(35)11-9-23/h8-11,13-14,22,26-27,29H,12,15-21H2,1-7H3/t22-,26+,27+,29-/m1/s1. The first-order valence-corrected chi connectivity index (χ1v) is 15.8. The Morgan fingerprint density at radius 3 is 2.42 bits per heavy atom. The summed E-state index contributed by atoms with van der Waals surface area (Å²) in [6.07, 6.45) is 0.440. The number of fused-ring (bicyclic) bond motifs is 1. The number of aromatic nitrogens is 1. The molecule has 0 unspecified atom stereocenters. The minimum atomic E-state index is -1.09. The molecule has 9 nitrogen and oxygen atoms in total. The lowest BCUT2D eigenvalue weighted by molar-refractivity contribution is -0.121. The number of nitrogens with zero attached hydrogens (tertiary/aromatic N) is 5. The Hall–Kier alpha value is -3.15. The molecule has 4 atom stereocenters. The summed E-state index contributed by atoms with van der Waals surface area (Å²) < 4.78 is 39.1. The van der Waals surface area contributed by atoms with Gasteiger partial charge in [0.2, 0.25) is 5.91 Å². The monoisotopic (exact) mass is 627 g/mol. The SMILES string of the molecule is CO[C@@H]1CN(C[C@H]2CN(C(=O)OC(C)(C)C)[C@H](C)CN2CC(=O)N2CC(C)(C)c3ncc(Cc4ccc(F)cc4)cc32)C[C@@H]1F. The minimum absolute atomic E-state index is 0.0509. The van der Waals surface area contributed by atoms with Crippen molar-refractivity contribution in [1.29, 1.82) is 0 Å². The molecule has 2 saturated heterocycles. The maximum atomic E-state index is 14.6. The number of anilines is 1. The number of amides is 2. The van der Waals surface area contributed by atoms with Gasteiger partial charge in [-0.1, -0.05) is 26.0 Å². The van der Waals surface area contributed by atoms with Gasteiger partial charge >= 0.3 is 6.09 Å². The van der Waals surface area contributed by atoms with E-state index in [1.54, 1.807) is 17.0 Å². The Balaban J connectivity index is 1.36. The number of carbonyl (C=O) groups excluding carboxylic acids is 2. The largest absolute Gasteiger partial charge is 0.444 e. The van der Waals surface area contributed by atoms with Crippen LogP contribution >= 0.6 is 0 Å². The number of rotatable bonds is 7. The van der Waals surface area contributed by atoms with Crippen LogP contribution < -0.4 is 4.90 Å². The average molecular weight is 628 g/mol. The van der Waals surface area contributed by atoms with Gasteiger partial charge in [0, 0.05) is 70.1 Å². The third kappa shape index (κ3) is 7.64. The van der Waals surface area contributed by atoms with Crippen molar-refractivity contribution in [3.63, 3.8) is 0 Å². The van der Waals surface area contributed by atoms with E-state index in [1.807, 2.05) is 49.8 Å². The van der Waals surface area contributed by atoms with Crippen LogP contribution in [0.15, 0.2) is 36.5 Å². The molecule has 2 aromatic rings. The number of carbonyl (C=O) groups is 2. The summed E-state index contributed by atoms with van der Waals surface area (Å²) in [5.41, 5.74) is 2.60. The number of pyridine rings is 1. The van der Waals surface area contributed by atoms with Gasteiger partial charge < -0.3 is 19.3 Å². The molecule has 0 N–H and O–H groups in total. The molecule has 2 fully saturated rings. The average Bonchev–Trinajstić information content (AvgIpc) is 3.45. The number of ether oxygens (including phenoxy) is 2. The van der Waals surface area contributed by atoms with Gasteiger partial charge in [-0.15, -0.1) is 0 Å². The fourth-order valence-electron chi connectivity index (χ4n) is 6.72. The molecule has 3 aliphatic rings. The normalized spacial score (nSPS) is 25.4. The molecule has 4 heterocycles. The predicted octanol–water partition coefficient (Wildman–Crippen LogP) is 4.41. The van der Waals surface area contributed by atoms with Crippen LogP contribution in [0.1, 0.15) is 58.4 Å². The van der Waals surface area contributed by atoms with Crippen molar-refractivity contribution in [1.82, 2.24) is 19.7 Å². The number of likely N-dealkylation sites (tertiary alicyclic amines) is 1. The van der Waals surface area contributed by atoms with Crippen LogP contribution in [0.25, 0.3) is 0 Å². The number of alkyl halides is 1. The fraction of sp³-hybridized carbons (Fsp3) is 0.618. The van der Waals surface area contributed by atoms with E-state index in [9.17, 15) is 18.4 Å². The summed E-state index contributed by atoms with van der Waals surface area (Å²) in [4.78, 5) is 39.8. The topological polar surface area (TPSA) is 78.5 Å². The highest BCUT2D eigenvalue weighted by Crippen LogP contribution is 2.40. The Labute approximate surface area is 265 Å². The lowest BCUT2D eigenvalue weighted by Gasteiger charge is -2.46. The molecular formula is C34H47F2N5O4. The van der Waals surface area contributed by atoms with E-state index in [1.165, 1.54) is 19.2 Å². The Morgan fingerprint density at radius 2 is 1.78 bits per heavy atom. The lowest BCUT2D eigenvalue weighted by atomic mass is 9.91. The Bertz CT molecular complexity index is 1380. The van der Waals surface area contributed by atoms with Crippen molar-refractivity contribution in [3.8, 4) is 0 Å². The highest BCUT2D eigenvalue weighted by Gasteiger charge is 2.43. The van der Waals surface area contributed by atoms with Crippen molar-refractivity contribution >= 4 is 17.7 Å². The third-order valence-electron chi connectivity index (χ3n) is 9.00. The van der Waals surface area contributed by atoms with Gasteiger partial charge in [-0.3, -0.25) is 19.6 Å². The number of hydrogen-bond donors (Lipinski definition) is 0. The van der Waals surface area contributed by atoms with Crippen molar-refractivity contribution in [2.24, 2.45) is 0 Å². The van der Waals surface area contributed by atoms with Crippen molar-refractivity contribution < 1.29 is 27.8 Å². The zero-order valence-electron chi connectivity index (χ0n) is 27.6. The predicted molar refractivity (Wildman–Crippen MR) is 169 cm³/mol. The van der Waals surface area contributed by atoms with Gasteiger partial charge in [0.15, 0.2) is 0 Å². The fourth-order valence-corrected chi connectivity index (χ4v) is 6.72. The summed E-state index contributed by atoms with van der Waals surface area (Å²) in [7, 11) is 1.52. The highest BCUT2D eigenvalue weighted by molar-refractivity contribution is 5.97. The molecule has 2 amide bonds. The maximum Gasteiger partial charge on any atom is 0.410 e. The van der Waals surface area contributed by atoms with E-state index in [4.69, 9.17) is 14.5 Å². The quantitative estimate of drug-likeness (QED) is 0.450. The van der Waals surface area contributed by atoms with Gasteiger partial charge in [-0.05, 0) is 63.4 Å². The van der Waals surface area contributed by atoms with Gasteiger partial charge in [-0.25, -0.2) is 13.6 Å². The number of halogens is 2. The number of piperazine rings is 1. The maximum absolute atomic E-state index is 14.6. The van der Waals surface area contributed by atoms with Gasteiger partial charge in [0.1, 0.15) is 23.7 Å². The van der Waals surface area contributed by atoms with E-state index < -0.39 is 17.9 Å². The van der Waals surface area contributed by atoms with Crippen LogP contribution in [-0.2, 0) is 26.1 Å². The van der Waals surface area contributed by atoms with E-state index in [2.05, 4.69) is 18.7 Å². The molecular weight excluding hydrogens is 580 g/mol. The van der Waals surface area contributed by atoms with Crippen LogP contribution in [0.3, 0.4) is 0 Å². The minimum Gasteiger partial charge on any atom is -0.444 e. The van der Waals surface area contributed by atoms with Crippen LogP contribution in [0, 0.1) is 5.82 Å². The molecule has 0 bridgehead atoms. The second kappa shape index (κ2) is 12.9. The van der Waals surface area contributed by atoms with E-state index in [-0.39, 0.29) is 48.4 Å². The first kappa shape index (κ1) is 33.2. The molecule has 3 aliphatic heterocycles. The van der Waals surface area contributed by atoms with Crippen LogP contribution in [0.4, 0.5) is 19.3 Å². The molecule has 0 radical (unpaired) electrons. The first-order chi connectivity index (χ1) is 21.1. The smallest absolute Gasteiger partial charge is 0.410 e. The molecule has 1 aromatic heterocycles. The molecule has 11 heteroatoms. The summed E-state index contributed by atoms with van der Waals surface area (Å²) >= 11 is 0. The van der Waals surface area contributed by atoms with Crippen molar-refractivity contribution in [2.45, 2.75) is 83.3 Å². The van der Waals surface area contributed by atoms with Crippen LogP contribution in [0.5, 0.6) is 0 Å². The first-order valence-electron chi connectivity index (χ1n) is 15.8. The number of methoxy groups -OCH3 is 1. The van der Waals surface area contributed by atoms with E-state index >= 15 is 0 Å². The highest BCUT2D eigenvalue weighted by atomic mass is 19.1. The number of hydrogen-bond acceptors (Lipinski definition) is 7. The van der Waals surface area contributed by atoms with Gasteiger partial charge in [0.05, 0.1) is 17.9 Å². The van der Waals surface area contributed by atoms with Gasteiger partial charge in [-0.2, -0.15) is 0 Å². The van der Waals surface area contributed by atoms with E-state index in [0.717, 1.165) is 22.5 Å². The molecule has 0 aliphatic carbocycles. The van der Waals surface area contributed by atoms with Crippen LogP contribution in [0.2, 0.25) is 0 Å². The summed E-state index contributed by atoms with van der Waals surface area (Å²) in [6.45, 7) is 14.3. The zero-order valence-corrected chi connectivity index (χ0v) is 27.6. The summed E-state index contributed by atoms with van der Waals surface area (Å²) in [5.74, 6) is -0.332. The van der Waals surface area contributed by atoms with Crippen LogP contribution in [-0.4, -0.2) is 115 Å². The molecule has 0 spiro atoms. The summed E-state index contributed by atoms with van der Waals surface area (Å²) in [5, 5.41) is 0. The third-order valence-corrected chi connectivity index (χ3v) is 9.00. The number of benzene rings is 1. The molecule has 246 valence electrons. The van der Waals surface area contributed by atoms with E-state index in [0.29, 0.717) is 39.1 Å². The molecule has 45 heavy (non-hydrogen) atoms. The molecule has 0 saturated carbocycles. The lowest BCUT2D eigenvalue weighted by Crippen LogP contribution is -2.63. The molecule has 5 rings (SSSR count). The summed E-state index contributed by atoms with van der Waals surface area (Å²) in [6, 6.07) is 8.03. The van der Waals surface area contributed by atoms with Crippen molar-refractivity contribution in [2.75, 3.05) is 57.8 Å². The second-order valence-electron chi connectivity index (χ2n) is 14.5. The Morgan fingerprint density at radius 1 is 1.07 bits per heavy atom. The zero-order chi connectivity index (χ0) is 32.7. The van der Waals surface area contributed by atoms with Gasteiger partial charge in [0.25, 0.3) is 0 Å².